The molecule has 0 spiro atoms. The number of aldehydes is 1. The summed E-state index contributed by atoms with van der Waals surface area (Å²) in [5, 5.41) is 0. The second-order valence-corrected chi connectivity index (χ2v) is 8.03. The van der Waals surface area contributed by atoms with Crippen LogP contribution in [0.4, 0.5) is 0 Å². The van der Waals surface area contributed by atoms with Gasteiger partial charge in [-0.25, -0.2) is 0 Å². The number of carbonyl (C=O) groups excluding carboxylic acids is 1. The molecule has 3 aromatic carbocycles. The van der Waals surface area contributed by atoms with Crippen molar-refractivity contribution < 1.29 is 4.79 Å². The van der Waals surface area contributed by atoms with E-state index in [0.717, 1.165) is 31.5 Å². The third kappa shape index (κ3) is 6.45. The highest BCUT2D eigenvalue weighted by Crippen LogP contribution is 2.40. The smallest absolute Gasteiger partial charge is 0.144 e. The van der Waals surface area contributed by atoms with Crippen molar-refractivity contribution in [2.45, 2.75) is 9.79 Å². The van der Waals surface area contributed by atoms with Gasteiger partial charge in [0.25, 0.3) is 0 Å². The Morgan fingerprint density at radius 1 is 0.607 bits per heavy atom. The summed E-state index contributed by atoms with van der Waals surface area (Å²) in [7, 11) is 0. The van der Waals surface area contributed by atoms with Crippen molar-refractivity contribution in [2.24, 2.45) is 0 Å². The molecule has 0 heterocycles. The second kappa shape index (κ2) is 11.2. The Kier molecular flexibility index (Phi) is 7.98. The summed E-state index contributed by atoms with van der Waals surface area (Å²) in [5.74, 6) is 0. The summed E-state index contributed by atoms with van der Waals surface area (Å²) in [6.07, 6.45) is 8.65. The van der Waals surface area contributed by atoms with Crippen molar-refractivity contribution in [3.8, 4) is 0 Å². The highest BCUT2D eigenvalue weighted by Gasteiger charge is 2.09. The molecular formula is C25H20OS2. The molecule has 0 aliphatic rings. The van der Waals surface area contributed by atoms with Gasteiger partial charge in [-0.3, -0.25) is 4.79 Å². The first-order chi connectivity index (χ1) is 13.8. The molecule has 3 heteroatoms. The fourth-order valence-corrected chi connectivity index (χ4v) is 4.39. The fraction of sp³-hybridized carbons (Fsp3) is 0. The van der Waals surface area contributed by atoms with Crippen LogP contribution in [0.3, 0.4) is 0 Å². The minimum Gasteiger partial charge on any atom is -0.299 e. The van der Waals surface area contributed by atoms with E-state index in [1.807, 2.05) is 72.8 Å². The molecule has 0 unspecified atom stereocenters. The summed E-state index contributed by atoms with van der Waals surface area (Å²) < 4.78 is 0. The molecule has 138 valence electrons. The van der Waals surface area contributed by atoms with Gasteiger partial charge >= 0.3 is 0 Å². The van der Waals surface area contributed by atoms with Gasteiger partial charge in [-0.1, -0.05) is 102 Å². The monoisotopic (exact) mass is 400 g/mol. The van der Waals surface area contributed by atoms with Gasteiger partial charge in [0.1, 0.15) is 6.29 Å². The zero-order valence-electron chi connectivity index (χ0n) is 15.3. The number of carbonyl (C=O) groups is 1. The average molecular weight is 401 g/mol. The topological polar surface area (TPSA) is 17.1 Å². The number of hydrogen-bond acceptors (Lipinski definition) is 3. The largest absolute Gasteiger partial charge is 0.299 e. The number of hydrogen-bond donors (Lipinski definition) is 0. The van der Waals surface area contributed by atoms with Crippen LogP contribution in [0.1, 0.15) is 5.56 Å². The minimum atomic E-state index is 0.853. The summed E-state index contributed by atoms with van der Waals surface area (Å²) >= 11 is 3.25. The fourth-order valence-electron chi connectivity index (χ4n) is 2.44. The van der Waals surface area contributed by atoms with Gasteiger partial charge < -0.3 is 0 Å². The zero-order chi connectivity index (χ0) is 19.4. The molecular weight excluding hydrogens is 380 g/mol. The standard InChI is InChI=1S/C25H20OS2/c26-20-19-25(28-23-16-8-3-9-17-23)24(27-22-14-6-2-7-15-22)18-10-13-21-11-4-1-5-12-21/h1-20H. The van der Waals surface area contributed by atoms with Gasteiger partial charge in [0.15, 0.2) is 0 Å². The van der Waals surface area contributed by atoms with Crippen molar-refractivity contribution in [3.05, 3.63) is 125 Å². The van der Waals surface area contributed by atoms with E-state index in [4.69, 9.17) is 0 Å². The van der Waals surface area contributed by atoms with E-state index in [-0.39, 0.29) is 0 Å². The van der Waals surface area contributed by atoms with Crippen LogP contribution in [0.15, 0.2) is 129 Å². The van der Waals surface area contributed by atoms with E-state index in [9.17, 15) is 4.79 Å². The second-order valence-electron chi connectivity index (χ2n) is 5.80. The van der Waals surface area contributed by atoms with Crippen LogP contribution in [0.25, 0.3) is 6.08 Å². The third-order valence-electron chi connectivity index (χ3n) is 3.74. The van der Waals surface area contributed by atoms with E-state index in [1.54, 1.807) is 29.6 Å². The molecule has 0 atom stereocenters. The van der Waals surface area contributed by atoms with Gasteiger partial charge in [0.2, 0.25) is 0 Å². The summed E-state index contributed by atoms with van der Waals surface area (Å²) in [5.41, 5.74) is 1.14. The SMILES string of the molecule is O=CC=C(Sc1ccccc1)C(=CC=Cc1ccccc1)Sc1ccccc1. The molecule has 1 nitrogen and oxygen atoms in total. The van der Waals surface area contributed by atoms with Crippen LogP contribution in [0.5, 0.6) is 0 Å². The summed E-state index contributed by atoms with van der Waals surface area (Å²) in [6.45, 7) is 0. The van der Waals surface area contributed by atoms with E-state index in [0.29, 0.717) is 0 Å². The van der Waals surface area contributed by atoms with Crippen LogP contribution < -0.4 is 0 Å². The van der Waals surface area contributed by atoms with Crippen LogP contribution in [0.2, 0.25) is 0 Å². The van der Waals surface area contributed by atoms with E-state index in [1.165, 1.54) is 0 Å². The van der Waals surface area contributed by atoms with E-state index < -0.39 is 0 Å². The Balaban J connectivity index is 1.90. The molecule has 0 aromatic heterocycles. The lowest BCUT2D eigenvalue weighted by Gasteiger charge is -2.11. The Labute approximate surface area is 174 Å². The number of allylic oxidation sites excluding steroid dienone is 3. The molecule has 0 aliphatic heterocycles. The molecule has 0 aliphatic carbocycles. The summed E-state index contributed by atoms with van der Waals surface area (Å²) in [4.78, 5) is 15.5. The lowest BCUT2D eigenvalue weighted by molar-refractivity contribution is -0.104. The van der Waals surface area contributed by atoms with Crippen molar-refractivity contribution in [3.63, 3.8) is 0 Å². The Bertz CT molecular complexity index is 959. The van der Waals surface area contributed by atoms with Crippen molar-refractivity contribution in [1.82, 2.24) is 0 Å². The Hall–Kier alpha value is -2.75. The van der Waals surface area contributed by atoms with Crippen molar-refractivity contribution >= 4 is 35.9 Å². The Morgan fingerprint density at radius 2 is 1.07 bits per heavy atom. The van der Waals surface area contributed by atoms with Crippen LogP contribution in [-0.2, 0) is 4.79 Å². The quantitative estimate of drug-likeness (QED) is 0.171. The molecule has 0 saturated heterocycles. The number of rotatable bonds is 8. The molecule has 0 bridgehead atoms. The Morgan fingerprint density at radius 3 is 1.57 bits per heavy atom. The molecule has 0 N–H and O–H groups in total. The zero-order valence-corrected chi connectivity index (χ0v) is 16.9. The highest BCUT2D eigenvalue weighted by atomic mass is 32.2. The van der Waals surface area contributed by atoms with Gasteiger partial charge in [-0.15, -0.1) is 0 Å². The molecule has 0 fully saturated rings. The van der Waals surface area contributed by atoms with Gasteiger partial charge in [0.05, 0.1) is 0 Å². The van der Waals surface area contributed by atoms with E-state index in [2.05, 4.69) is 36.4 Å². The number of thioether (sulfide) groups is 2. The van der Waals surface area contributed by atoms with Crippen LogP contribution >= 0.6 is 23.5 Å². The summed E-state index contributed by atoms with van der Waals surface area (Å²) in [6, 6.07) is 30.5. The van der Waals surface area contributed by atoms with Crippen molar-refractivity contribution in [2.75, 3.05) is 0 Å². The first-order valence-electron chi connectivity index (χ1n) is 8.90. The maximum atomic E-state index is 11.3. The lowest BCUT2D eigenvalue weighted by atomic mass is 10.2. The third-order valence-corrected chi connectivity index (χ3v) is 6.04. The average Bonchev–Trinajstić information content (AvgIpc) is 2.75. The highest BCUT2D eigenvalue weighted by molar-refractivity contribution is 8.08. The minimum absolute atomic E-state index is 0.853. The van der Waals surface area contributed by atoms with Gasteiger partial charge in [-0.2, -0.15) is 0 Å². The number of benzene rings is 3. The van der Waals surface area contributed by atoms with E-state index >= 15 is 0 Å². The molecule has 0 radical (unpaired) electrons. The first kappa shape index (κ1) is 20.0. The molecule has 28 heavy (non-hydrogen) atoms. The maximum Gasteiger partial charge on any atom is 0.144 e. The van der Waals surface area contributed by atoms with Gasteiger partial charge in [-0.05, 0) is 42.0 Å². The first-order valence-corrected chi connectivity index (χ1v) is 10.5. The predicted octanol–water partition coefficient (Wildman–Crippen LogP) is 7.25. The maximum absolute atomic E-state index is 11.3. The molecule has 3 rings (SSSR count). The molecule has 0 saturated carbocycles. The van der Waals surface area contributed by atoms with Crippen molar-refractivity contribution in [1.29, 1.82) is 0 Å². The lowest BCUT2D eigenvalue weighted by Crippen LogP contribution is -1.85. The normalized spacial score (nSPS) is 12.3. The van der Waals surface area contributed by atoms with Crippen LogP contribution in [0, 0.1) is 0 Å². The molecule has 0 amide bonds. The predicted molar refractivity (Wildman–Crippen MR) is 122 cm³/mol. The molecule has 3 aromatic rings. The van der Waals surface area contributed by atoms with Gasteiger partial charge in [0, 0.05) is 19.6 Å². The van der Waals surface area contributed by atoms with Crippen LogP contribution in [-0.4, -0.2) is 6.29 Å².